The molecule has 0 aliphatic carbocycles. The summed E-state index contributed by atoms with van der Waals surface area (Å²) in [4.78, 5) is 38.0. The molecule has 0 radical (unpaired) electrons. The van der Waals surface area contributed by atoms with Crippen LogP contribution in [0.25, 0.3) is 10.7 Å². The van der Waals surface area contributed by atoms with E-state index in [1.54, 1.807) is 14.4 Å². The van der Waals surface area contributed by atoms with E-state index < -0.39 is 6.04 Å². The lowest BCUT2D eigenvalue weighted by molar-refractivity contribution is -0.135. The van der Waals surface area contributed by atoms with Crippen molar-refractivity contribution in [2.75, 3.05) is 26.2 Å². The van der Waals surface area contributed by atoms with Crippen LogP contribution in [0.15, 0.2) is 36.1 Å². The number of nitrogens with zero attached hydrogens (tertiary/aromatic N) is 6. The molecule has 1 aliphatic heterocycles. The second-order valence-corrected chi connectivity index (χ2v) is 7.92. The van der Waals surface area contributed by atoms with Gasteiger partial charge in [0.1, 0.15) is 11.7 Å². The predicted octanol–water partition coefficient (Wildman–Crippen LogP) is 2.00. The normalized spacial score (nSPS) is 15.3. The summed E-state index contributed by atoms with van der Waals surface area (Å²) < 4.78 is 2.16. The van der Waals surface area contributed by atoms with Crippen LogP contribution >= 0.6 is 23.6 Å². The average Bonchev–Trinajstić information content (AvgIpc) is 3.42. The molecule has 3 aromatic rings. The SMILES string of the molecule is CC(C(=O)N1CCN(C(=O)c2cnccn2)CC1)n1c(-c2cccs2)n[nH]c1=S. The highest BCUT2D eigenvalue weighted by molar-refractivity contribution is 7.71. The molecule has 1 unspecified atom stereocenters. The molecule has 9 nitrogen and oxygen atoms in total. The van der Waals surface area contributed by atoms with Gasteiger partial charge in [-0.3, -0.25) is 24.2 Å². The number of aromatic amines is 1. The molecule has 1 saturated heterocycles. The van der Waals surface area contributed by atoms with Crippen molar-refractivity contribution < 1.29 is 9.59 Å². The summed E-state index contributed by atoms with van der Waals surface area (Å²) in [6, 6.07) is 3.38. The molecule has 0 aromatic carbocycles. The van der Waals surface area contributed by atoms with Crippen molar-refractivity contribution in [2.24, 2.45) is 0 Å². The topological polar surface area (TPSA) is 100 Å². The number of carbonyl (C=O) groups excluding carboxylic acids is 2. The highest BCUT2D eigenvalue weighted by Crippen LogP contribution is 2.26. The highest BCUT2D eigenvalue weighted by atomic mass is 32.1. The maximum absolute atomic E-state index is 13.1. The van der Waals surface area contributed by atoms with Gasteiger partial charge in [-0.05, 0) is 30.6 Å². The van der Waals surface area contributed by atoms with E-state index in [-0.39, 0.29) is 11.8 Å². The van der Waals surface area contributed by atoms with Gasteiger partial charge in [-0.1, -0.05) is 6.07 Å². The third kappa shape index (κ3) is 3.83. The van der Waals surface area contributed by atoms with E-state index in [9.17, 15) is 9.59 Å². The number of rotatable bonds is 4. The summed E-state index contributed by atoms with van der Waals surface area (Å²) in [5.74, 6) is 0.435. The number of carbonyl (C=O) groups is 2. The average molecular weight is 430 g/mol. The minimum atomic E-state index is -0.499. The fourth-order valence-corrected chi connectivity index (χ4v) is 4.32. The van der Waals surface area contributed by atoms with Crippen molar-refractivity contribution in [1.82, 2.24) is 34.5 Å². The quantitative estimate of drug-likeness (QED) is 0.637. The van der Waals surface area contributed by atoms with Gasteiger partial charge < -0.3 is 9.80 Å². The first kappa shape index (κ1) is 19.4. The number of amides is 2. The summed E-state index contributed by atoms with van der Waals surface area (Å²) in [6.45, 7) is 3.62. The first-order valence-electron chi connectivity index (χ1n) is 9.11. The van der Waals surface area contributed by atoms with Crippen molar-refractivity contribution in [3.05, 3.63) is 46.6 Å². The monoisotopic (exact) mass is 429 g/mol. The first-order valence-corrected chi connectivity index (χ1v) is 10.4. The van der Waals surface area contributed by atoms with Crippen LogP contribution in [0, 0.1) is 4.77 Å². The molecule has 2 amide bonds. The molecule has 150 valence electrons. The smallest absolute Gasteiger partial charge is 0.274 e. The van der Waals surface area contributed by atoms with E-state index in [4.69, 9.17) is 12.2 Å². The van der Waals surface area contributed by atoms with E-state index in [1.807, 2.05) is 24.4 Å². The molecule has 4 heterocycles. The lowest BCUT2D eigenvalue weighted by Crippen LogP contribution is -2.52. The Morgan fingerprint density at radius 3 is 2.62 bits per heavy atom. The van der Waals surface area contributed by atoms with Gasteiger partial charge in [-0.25, -0.2) is 4.98 Å². The first-order chi connectivity index (χ1) is 14.1. The molecule has 3 aromatic heterocycles. The van der Waals surface area contributed by atoms with Gasteiger partial charge in [0.2, 0.25) is 5.91 Å². The van der Waals surface area contributed by atoms with Crippen molar-refractivity contribution in [1.29, 1.82) is 0 Å². The largest absolute Gasteiger partial charge is 0.337 e. The minimum Gasteiger partial charge on any atom is -0.337 e. The van der Waals surface area contributed by atoms with E-state index in [2.05, 4.69) is 20.2 Å². The van der Waals surface area contributed by atoms with Gasteiger partial charge in [0, 0.05) is 38.6 Å². The Bertz CT molecular complexity index is 1050. The molecule has 1 aliphatic rings. The van der Waals surface area contributed by atoms with E-state index in [1.165, 1.54) is 29.9 Å². The van der Waals surface area contributed by atoms with Crippen LogP contribution in [-0.2, 0) is 4.79 Å². The van der Waals surface area contributed by atoms with Crippen molar-refractivity contribution >= 4 is 35.4 Å². The number of piperazine rings is 1. The lowest BCUT2D eigenvalue weighted by Gasteiger charge is -2.36. The van der Waals surface area contributed by atoms with Crippen LogP contribution in [0.2, 0.25) is 0 Å². The minimum absolute atomic E-state index is 0.0492. The maximum atomic E-state index is 13.1. The van der Waals surface area contributed by atoms with Crippen molar-refractivity contribution in [3.8, 4) is 10.7 Å². The van der Waals surface area contributed by atoms with Gasteiger partial charge >= 0.3 is 0 Å². The Morgan fingerprint density at radius 1 is 1.21 bits per heavy atom. The number of hydrogen-bond acceptors (Lipinski definition) is 7. The van der Waals surface area contributed by atoms with Crippen molar-refractivity contribution in [3.63, 3.8) is 0 Å². The second kappa shape index (κ2) is 8.21. The van der Waals surface area contributed by atoms with Gasteiger partial charge in [0.15, 0.2) is 10.6 Å². The molecule has 29 heavy (non-hydrogen) atoms. The molecule has 1 N–H and O–H groups in total. The summed E-state index contributed by atoms with van der Waals surface area (Å²) >= 11 is 6.90. The number of H-pyrrole nitrogens is 1. The third-order valence-electron chi connectivity index (χ3n) is 4.85. The zero-order chi connectivity index (χ0) is 20.4. The number of hydrogen-bond donors (Lipinski definition) is 1. The van der Waals surface area contributed by atoms with Crippen LogP contribution in [0.1, 0.15) is 23.5 Å². The Hall–Kier alpha value is -2.92. The second-order valence-electron chi connectivity index (χ2n) is 6.58. The Morgan fingerprint density at radius 2 is 1.97 bits per heavy atom. The molecule has 1 atom stereocenters. The Balaban J connectivity index is 1.45. The van der Waals surface area contributed by atoms with Crippen LogP contribution < -0.4 is 0 Å². The molecule has 1 fully saturated rings. The standard InChI is InChI=1S/C18H19N7O2S2/c1-12(25-15(21-22-18(25)28)14-3-2-10-29-14)16(26)23-6-8-24(9-7-23)17(27)13-11-19-4-5-20-13/h2-5,10-12H,6-9H2,1H3,(H,22,28). The van der Waals surface area contributed by atoms with Gasteiger partial charge in [-0.2, -0.15) is 5.10 Å². The maximum Gasteiger partial charge on any atom is 0.274 e. The molecular formula is C18H19N7O2S2. The Labute approximate surface area is 176 Å². The fraction of sp³-hybridized carbons (Fsp3) is 0.333. The predicted molar refractivity (Wildman–Crippen MR) is 110 cm³/mol. The number of aromatic nitrogens is 5. The van der Waals surface area contributed by atoms with E-state index in [0.29, 0.717) is 42.5 Å². The zero-order valence-corrected chi connectivity index (χ0v) is 17.3. The number of thiophene rings is 1. The molecule has 0 bridgehead atoms. The van der Waals surface area contributed by atoms with Crippen LogP contribution in [-0.4, -0.2) is 72.5 Å². The zero-order valence-electron chi connectivity index (χ0n) is 15.7. The Kier molecular flexibility index (Phi) is 5.49. The molecular weight excluding hydrogens is 410 g/mol. The number of nitrogens with one attached hydrogen (secondary N) is 1. The van der Waals surface area contributed by atoms with Crippen LogP contribution in [0.4, 0.5) is 0 Å². The van der Waals surface area contributed by atoms with Crippen LogP contribution in [0.5, 0.6) is 0 Å². The molecule has 0 saturated carbocycles. The van der Waals surface area contributed by atoms with Crippen LogP contribution in [0.3, 0.4) is 0 Å². The summed E-state index contributed by atoms with van der Waals surface area (Å²) in [7, 11) is 0. The molecule has 11 heteroatoms. The fourth-order valence-electron chi connectivity index (χ4n) is 3.32. The third-order valence-corrected chi connectivity index (χ3v) is 6.01. The molecule has 0 spiro atoms. The van der Waals surface area contributed by atoms with Crippen molar-refractivity contribution in [2.45, 2.75) is 13.0 Å². The van der Waals surface area contributed by atoms with E-state index >= 15 is 0 Å². The highest BCUT2D eigenvalue weighted by Gasteiger charge is 2.30. The van der Waals surface area contributed by atoms with Gasteiger partial charge in [-0.15, -0.1) is 11.3 Å². The van der Waals surface area contributed by atoms with E-state index in [0.717, 1.165) is 4.88 Å². The lowest BCUT2D eigenvalue weighted by atomic mass is 10.2. The summed E-state index contributed by atoms with van der Waals surface area (Å²) in [6.07, 6.45) is 4.48. The molecule has 4 rings (SSSR count). The van der Waals surface area contributed by atoms with Gasteiger partial charge in [0.05, 0.1) is 11.1 Å². The summed E-state index contributed by atoms with van der Waals surface area (Å²) in [5, 5.41) is 9.04. The van der Waals surface area contributed by atoms with Gasteiger partial charge in [0.25, 0.3) is 5.91 Å². The summed E-state index contributed by atoms with van der Waals surface area (Å²) in [5.41, 5.74) is 0.311.